The Morgan fingerprint density at radius 1 is 1.41 bits per heavy atom. The Morgan fingerprint density at radius 2 is 2.00 bits per heavy atom. The van der Waals surface area contributed by atoms with Crippen LogP contribution in [-0.4, -0.2) is 42.7 Å². The summed E-state index contributed by atoms with van der Waals surface area (Å²) in [5, 5.41) is 12.0. The highest BCUT2D eigenvalue weighted by Crippen LogP contribution is 2.27. The smallest absolute Gasteiger partial charge is 0.408 e. The van der Waals surface area contributed by atoms with Gasteiger partial charge in [0.1, 0.15) is 11.8 Å². The van der Waals surface area contributed by atoms with Gasteiger partial charge in [0.15, 0.2) is 0 Å². The number of rotatable bonds is 8. The van der Waals surface area contributed by atoms with E-state index in [1.165, 1.54) is 6.08 Å². The van der Waals surface area contributed by atoms with E-state index in [1.807, 2.05) is 0 Å². The normalized spacial score (nSPS) is 18.4. The molecule has 8 heteroatoms. The van der Waals surface area contributed by atoms with E-state index in [4.69, 9.17) is 4.74 Å². The Kier molecular flexibility index (Phi) is 6.39. The summed E-state index contributed by atoms with van der Waals surface area (Å²) in [7, 11) is -3.43. The Labute approximate surface area is 132 Å². The van der Waals surface area contributed by atoms with Gasteiger partial charge in [0.25, 0.3) is 0 Å². The summed E-state index contributed by atoms with van der Waals surface area (Å²) < 4.78 is 30.7. The van der Waals surface area contributed by atoms with Crippen LogP contribution in [0.1, 0.15) is 46.5 Å². The monoisotopic (exact) mass is 334 g/mol. The van der Waals surface area contributed by atoms with Gasteiger partial charge in [0.05, 0.1) is 11.3 Å². The second-order valence-electron chi connectivity index (χ2n) is 6.44. The van der Waals surface area contributed by atoms with Crippen molar-refractivity contribution < 1.29 is 23.1 Å². The molecule has 0 spiro atoms. The van der Waals surface area contributed by atoms with Crippen LogP contribution in [-0.2, 0) is 14.8 Å². The maximum absolute atomic E-state index is 11.7. The van der Waals surface area contributed by atoms with Crippen molar-refractivity contribution in [2.75, 3.05) is 0 Å². The zero-order valence-corrected chi connectivity index (χ0v) is 14.1. The lowest BCUT2D eigenvalue weighted by Gasteiger charge is -2.22. The van der Waals surface area contributed by atoms with Gasteiger partial charge < -0.3 is 15.2 Å². The standard InChI is InChI=1S/C14H26N2O5S/c1-5-10(15-13(18)21-14(2,3)4)6-9-12(17)16-22(19,20)11-7-8-11/h5,10-12,16-17H,1,6-9H2,2-4H3,(H,15,18)/t10-,12?/m1/s1. The zero-order valence-electron chi connectivity index (χ0n) is 13.3. The average molecular weight is 334 g/mol. The van der Waals surface area contributed by atoms with Crippen molar-refractivity contribution in [1.29, 1.82) is 0 Å². The molecule has 7 nitrogen and oxygen atoms in total. The lowest BCUT2D eigenvalue weighted by Crippen LogP contribution is -2.40. The number of hydrogen-bond acceptors (Lipinski definition) is 5. The third-order valence-corrected chi connectivity index (χ3v) is 4.95. The molecule has 0 aromatic rings. The summed E-state index contributed by atoms with van der Waals surface area (Å²) in [5.41, 5.74) is -0.602. The molecule has 1 amide bonds. The van der Waals surface area contributed by atoms with E-state index in [0.29, 0.717) is 19.3 Å². The van der Waals surface area contributed by atoms with E-state index in [9.17, 15) is 18.3 Å². The van der Waals surface area contributed by atoms with E-state index in [2.05, 4.69) is 16.6 Å². The maximum Gasteiger partial charge on any atom is 0.408 e. The van der Waals surface area contributed by atoms with Gasteiger partial charge in [-0.2, -0.15) is 4.72 Å². The topological polar surface area (TPSA) is 105 Å². The lowest BCUT2D eigenvalue weighted by molar-refractivity contribution is 0.0506. The van der Waals surface area contributed by atoms with Gasteiger partial charge in [-0.15, -0.1) is 6.58 Å². The summed E-state index contributed by atoms with van der Waals surface area (Å²) >= 11 is 0. The molecule has 22 heavy (non-hydrogen) atoms. The van der Waals surface area contributed by atoms with Crippen LogP contribution in [0.25, 0.3) is 0 Å². The molecule has 1 unspecified atom stereocenters. The van der Waals surface area contributed by atoms with E-state index in [1.54, 1.807) is 20.8 Å². The molecule has 1 fully saturated rings. The summed E-state index contributed by atoms with van der Waals surface area (Å²) in [6.07, 6.45) is 1.55. The third-order valence-electron chi connectivity index (χ3n) is 3.00. The number of hydrogen-bond donors (Lipinski definition) is 3. The first-order valence-electron chi connectivity index (χ1n) is 7.35. The molecule has 2 atom stereocenters. The van der Waals surface area contributed by atoms with Gasteiger partial charge in [-0.1, -0.05) is 6.08 Å². The predicted octanol–water partition coefficient (Wildman–Crippen LogP) is 1.25. The lowest BCUT2D eigenvalue weighted by atomic mass is 10.1. The Hall–Kier alpha value is -1.12. The number of carbonyl (C=O) groups excluding carboxylic acids is 1. The number of ether oxygens (including phenoxy) is 1. The average Bonchev–Trinajstić information content (AvgIpc) is 3.15. The number of alkyl carbamates (subject to hydrolysis) is 1. The molecule has 0 aliphatic heterocycles. The molecule has 0 radical (unpaired) electrons. The molecule has 0 aromatic heterocycles. The molecule has 128 valence electrons. The molecule has 0 aromatic carbocycles. The van der Waals surface area contributed by atoms with E-state index in [0.717, 1.165) is 0 Å². The van der Waals surface area contributed by atoms with Gasteiger partial charge in [-0.05, 0) is 46.5 Å². The predicted molar refractivity (Wildman–Crippen MR) is 83.7 cm³/mol. The SMILES string of the molecule is C=C[C@H](CCC(O)NS(=O)(=O)C1CC1)NC(=O)OC(C)(C)C. The van der Waals surface area contributed by atoms with Crippen molar-refractivity contribution in [2.24, 2.45) is 0 Å². The van der Waals surface area contributed by atoms with Crippen molar-refractivity contribution in [3.8, 4) is 0 Å². The fourth-order valence-corrected chi connectivity index (χ4v) is 3.21. The second-order valence-corrected chi connectivity index (χ2v) is 8.44. The molecular formula is C14H26N2O5S. The van der Waals surface area contributed by atoms with Crippen LogP contribution in [0.2, 0.25) is 0 Å². The Morgan fingerprint density at radius 3 is 2.45 bits per heavy atom. The highest BCUT2D eigenvalue weighted by molar-refractivity contribution is 7.90. The summed E-state index contributed by atoms with van der Waals surface area (Å²) in [4.78, 5) is 11.6. The van der Waals surface area contributed by atoms with E-state index >= 15 is 0 Å². The van der Waals surface area contributed by atoms with Crippen LogP contribution in [0.5, 0.6) is 0 Å². The molecule has 0 saturated heterocycles. The van der Waals surface area contributed by atoms with Crippen molar-refractivity contribution in [2.45, 2.75) is 69.6 Å². The van der Waals surface area contributed by atoms with Crippen molar-refractivity contribution in [3.63, 3.8) is 0 Å². The van der Waals surface area contributed by atoms with Crippen LogP contribution in [0.3, 0.4) is 0 Å². The summed E-state index contributed by atoms with van der Waals surface area (Å²) in [6, 6.07) is -0.407. The first-order valence-corrected chi connectivity index (χ1v) is 8.89. The number of carbonyl (C=O) groups is 1. The first kappa shape index (κ1) is 18.9. The third kappa shape index (κ3) is 7.24. The minimum absolute atomic E-state index is 0.165. The Balaban J connectivity index is 2.36. The molecule has 3 N–H and O–H groups in total. The van der Waals surface area contributed by atoms with Crippen LogP contribution in [0, 0.1) is 0 Å². The number of aliphatic hydroxyl groups excluding tert-OH is 1. The fourth-order valence-electron chi connectivity index (χ4n) is 1.77. The Bertz CT molecular complexity index is 494. The van der Waals surface area contributed by atoms with Crippen LogP contribution < -0.4 is 10.0 Å². The van der Waals surface area contributed by atoms with Crippen LogP contribution in [0.15, 0.2) is 12.7 Å². The molecule has 1 aliphatic rings. The van der Waals surface area contributed by atoms with Crippen molar-refractivity contribution in [3.05, 3.63) is 12.7 Å². The van der Waals surface area contributed by atoms with E-state index in [-0.39, 0.29) is 11.7 Å². The minimum atomic E-state index is -3.43. The quantitative estimate of drug-likeness (QED) is 0.458. The number of amides is 1. The van der Waals surface area contributed by atoms with Gasteiger partial charge in [0.2, 0.25) is 10.0 Å². The zero-order chi connectivity index (χ0) is 17.0. The van der Waals surface area contributed by atoms with Gasteiger partial charge in [-0.25, -0.2) is 13.2 Å². The van der Waals surface area contributed by atoms with Gasteiger partial charge in [-0.3, -0.25) is 0 Å². The minimum Gasteiger partial charge on any atom is -0.444 e. The van der Waals surface area contributed by atoms with Crippen molar-refractivity contribution >= 4 is 16.1 Å². The largest absolute Gasteiger partial charge is 0.444 e. The molecular weight excluding hydrogens is 308 g/mol. The highest BCUT2D eigenvalue weighted by atomic mass is 32.2. The highest BCUT2D eigenvalue weighted by Gasteiger charge is 2.36. The first-order chi connectivity index (χ1) is 10.0. The number of sulfonamides is 1. The van der Waals surface area contributed by atoms with Gasteiger partial charge in [0, 0.05) is 0 Å². The van der Waals surface area contributed by atoms with Crippen LogP contribution >= 0.6 is 0 Å². The number of nitrogens with one attached hydrogen (secondary N) is 2. The van der Waals surface area contributed by atoms with Crippen LogP contribution in [0.4, 0.5) is 4.79 Å². The van der Waals surface area contributed by atoms with Gasteiger partial charge >= 0.3 is 6.09 Å². The molecule has 1 rings (SSSR count). The molecule has 1 aliphatic carbocycles. The van der Waals surface area contributed by atoms with E-state index < -0.39 is 34.0 Å². The summed E-state index contributed by atoms with van der Waals surface area (Å²) in [6.45, 7) is 8.88. The molecule has 1 saturated carbocycles. The second kappa shape index (κ2) is 7.43. The maximum atomic E-state index is 11.7. The number of aliphatic hydroxyl groups is 1. The molecule has 0 heterocycles. The molecule has 0 bridgehead atoms. The fraction of sp³-hybridized carbons (Fsp3) is 0.786. The van der Waals surface area contributed by atoms with Crippen molar-refractivity contribution in [1.82, 2.24) is 10.0 Å². The summed E-state index contributed by atoms with van der Waals surface area (Å²) in [5.74, 6) is 0.